The maximum Gasteiger partial charge on any atom is 0.237 e. The number of thiophene rings is 1. The minimum absolute atomic E-state index is 0.121. The zero-order valence-electron chi connectivity index (χ0n) is 13.6. The van der Waals surface area contributed by atoms with Crippen molar-refractivity contribution in [1.82, 2.24) is 20.1 Å². The third-order valence-electron chi connectivity index (χ3n) is 3.74. The van der Waals surface area contributed by atoms with Crippen LogP contribution in [0.15, 0.2) is 34.4 Å². The molecule has 0 spiro atoms. The number of aromatic amines is 1. The summed E-state index contributed by atoms with van der Waals surface area (Å²) in [5.41, 5.74) is 1.16. The first-order chi connectivity index (χ1) is 11.8. The Balaban J connectivity index is 1.54. The van der Waals surface area contributed by atoms with Gasteiger partial charge in [-0.25, -0.2) is 4.98 Å². The number of aromatic nitrogens is 3. The summed E-state index contributed by atoms with van der Waals surface area (Å²) in [4.78, 5) is 19.8. The van der Waals surface area contributed by atoms with Crippen LogP contribution in [0.3, 0.4) is 0 Å². The molecule has 0 saturated carbocycles. The van der Waals surface area contributed by atoms with Crippen molar-refractivity contribution in [1.29, 1.82) is 0 Å². The Morgan fingerprint density at radius 3 is 3.12 bits per heavy atom. The lowest BCUT2D eigenvalue weighted by Gasteiger charge is -2.21. The number of H-pyrrole nitrogens is 1. The van der Waals surface area contributed by atoms with E-state index in [2.05, 4.69) is 21.3 Å². The fourth-order valence-corrected chi connectivity index (χ4v) is 3.89. The van der Waals surface area contributed by atoms with Gasteiger partial charge in [0, 0.05) is 17.1 Å². The molecule has 2 aromatic heterocycles. The second-order valence-corrected chi connectivity index (χ2v) is 7.29. The van der Waals surface area contributed by atoms with Crippen LogP contribution in [-0.2, 0) is 4.79 Å². The van der Waals surface area contributed by atoms with Gasteiger partial charge in [0.2, 0.25) is 11.1 Å². The van der Waals surface area contributed by atoms with Crippen molar-refractivity contribution in [2.24, 2.45) is 0 Å². The first-order valence-corrected chi connectivity index (χ1v) is 9.89. The minimum atomic E-state index is 0.121. The smallest absolute Gasteiger partial charge is 0.237 e. The molecule has 7 heteroatoms. The highest BCUT2D eigenvalue weighted by molar-refractivity contribution is 7.99. The molecule has 2 heterocycles. The van der Waals surface area contributed by atoms with Gasteiger partial charge in [0.25, 0.3) is 0 Å². The van der Waals surface area contributed by atoms with Crippen LogP contribution in [0, 0.1) is 0 Å². The molecular formula is C17H20N4OS2. The minimum Gasteiger partial charge on any atom is -0.316 e. The van der Waals surface area contributed by atoms with Gasteiger partial charge in [-0.1, -0.05) is 23.9 Å². The molecule has 0 bridgehead atoms. The van der Waals surface area contributed by atoms with Crippen molar-refractivity contribution in [3.8, 4) is 0 Å². The predicted molar refractivity (Wildman–Crippen MR) is 99.7 cm³/mol. The third-order valence-corrected chi connectivity index (χ3v) is 5.41. The van der Waals surface area contributed by atoms with E-state index in [0.29, 0.717) is 23.3 Å². The lowest BCUT2D eigenvalue weighted by molar-refractivity contribution is -0.126. The highest BCUT2D eigenvalue weighted by Crippen LogP contribution is 2.23. The Hall–Kier alpha value is -1.86. The molecule has 1 aliphatic rings. The lowest BCUT2D eigenvalue weighted by Crippen LogP contribution is -2.31. The standard InChI is InChI=1S/C17H20N4OS2/c1-2-21(13-6-3-4-7-13)16(22)12-24-17-18-15(19-20-17)10-9-14-8-5-11-23-14/h5-6,8-11H,2-4,7,12H2,1H3,(H,18,19,20)/b10-9+. The molecule has 126 valence electrons. The summed E-state index contributed by atoms with van der Waals surface area (Å²) in [5, 5.41) is 9.69. The molecule has 5 nitrogen and oxygen atoms in total. The fourth-order valence-electron chi connectivity index (χ4n) is 2.59. The van der Waals surface area contributed by atoms with Gasteiger partial charge >= 0.3 is 0 Å². The molecule has 0 fully saturated rings. The van der Waals surface area contributed by atoms with Gasteiger partial charge < -0.3 is 4.90 Å². The molecule has 0 atom stereocenters. The molecular weight excluding hydrogens is 340 g/mol. The number of nitrogens with one attached hydrogen (secondary N) is 1. The third kappa shape index (κ3) is 4.36. The molecule has 1 N–H and O–H groups in total. The van der Waals surface area contributed by atoms with E-state index >= 15 is 0 Å². The fraction of sp³-hybridized carbons (Fsp3) is 0.353. The first kappa shape index (κ1) is 17.0. The van der Waals surface area contributed by atoms with Gasteiger partial charge in [-0.2, -0.15) is 0 Å². The van der Waals surface area contributed by atoms with E-state index in [1.54, 1.807) is 11.3 Å². The average Bonchev–Trinajstić information content (AvgIpc) is 3.33. The van der Waals surface area contributed by atoms with Crippen LogP contribution in [0.4, 0.5) is 0 Å². The number of carbonyl (C=O) groups is 1. The van der Waals surface area contributed by atoms with E-state index in [9.17, 15) is 4.79 Å². The number of thioether (sulfide) groups is 1. The van der Waals surface area contributed by atoms with Crippen LogP contribution in [0.2, 0.25) is 0 Å². The molecule has 1 aliphatic carbocycles. The highest BCUT2D eigenvalue weighted by Gasteiger charge is 2.19. The lowest BCUT2D eigenvalue weighted by atomic mass is 10.3. The Morgan fingerprint density at radius 1 is 1.50 bits per heavy atom. The Kier molecular flexibility index (Phi) is 5.87. The molecule has 0 saturated heterocycles. The largest absolute Gasteiger partial charge is 0.316 e. The number of hydrogen-bond acceptors (Lipinski definition) is 5. The quantitative estimate of drug-likeness (QED) is 0.757. The van der Waals surface area contributed by atoms with Gasteiger partial charge in [-0.05, 0) is 49.8 Å². The van der Waals surface area contributed by atoms with E-state index < -0.39 is 0 Å². The van der Waals surface area contributed by atoms with Crippen LogP contribution >= 0.6 is 23.1 Å². The topological polar surface area (TPSA) is 61.9 Å². The van der Waals surface area contributed by atoms with E-state index in [-0.39, 0.29) is 5.91 Å². The summed E-state index contributed by atoms with van der Waals surface area (Å²) in [6.45, 7) is 2.73. The molecule has 24 heavy (non-hydrogen) atoms. The monoisotopic (exact) mass is 360 g/mol. The van der Waals surface area contributed by atoms with Gasteiger partial charge in [-0.3, -0.25) is 9.89 Å². The summed E-state index contributed by atoms with van der Waals surface area (Å²) in [6.07, 6.45) is 9.29. The number of rotatable bonds is 7. The first-order valence-electron chi connectivity index (χ1n) is 8.02. The van der Waals surface area contributed by atoms with Crippen molar-refractivity contribution in [2.75, 3.05) is 12.3 Å². The molecule has 0 aromatic carbocycles. The molecule has 2 aromatic rings. The van der Waals surface area contributed by atoms with Gasteiger partial charge in [-0.15, -0.1) is 16.4 Å². The van der Waals surface area contributed by atoms with E-state index in [1.165, 1.54) is 16.6 Å². The number of carbonyl (C=O) groups excluding carboxylic acids is 1. The van der Waals surface area contributed by atoms with E-state index in [0.717, 1.165) is 25.0 Å². The number of amides is 1. The zero-order valence-corrected chi connectivity index (χ0v) is 15.2. The van der Waals surface area contributed by atoms with Gasteiger partial charge in [0.05, 0.1) is 5.75 Å². The maximum absolute atomic E-state index is 12.4. The normalized spacial score (nSPS) is 14.3. The average molecular weight is 361 g/mol. The Bertz CT molecular complexity index is 734. The Morgan fingerprint density at radius 2 is 2.42 bits per heavy atom. The van der Waals surface area contributed by atoms with Crippen molar-refractivity contribution in [2.45, 2.75) is 31.3 Å². The molecule has 0 radical (unpaired) electrons. The van der Waals surface area contributed by atoms with Gasteiger partial charge in [0.15, 0.2) is 0 Å². The maximum atomic E-state index is 12.4. The van der Waals surface area contributed by atoms with Crippen LogP contribution < -0.4 is 0 Å². The van der Waals surface area contributed by atoms with Crippen LogP contribution in [0.5, 0.6) is 0 Å². The SMILES string of the molecule is CCN(C(=O)CSc1n[nH]c(/C=C/c2cccs2)n1)C1=CCCC1. The van der Waals surface area contributed by atoms with Crippen molar-refractivity contribution in [3.05, 3.63) is 40.0 Å². The molecule has 0 unspecified atom stereocenters. The van der Waals surface area contributed by atoms with Crippen molar-refractivity contribution < 1.29 is 4.79 Å². The number of nitrogens with zero attached hydrogens (tertiary/aromatic N) is 3. The molecule has 3 rings (SSSR count). The van der Waals surface area contributed by atoms with Crippen molar-refractivity contribution >= 4 is 41.2 Å². The Labute approximate surface area is 149 Å². The van der Waals surface area contributed by atoms with Crippen LogP contribution in [-0.4, -0.2) is 38.3 Å². The zero-order chi connectivity index (χ0) is 16.8. The highest BCUT2D eigenvalue weighted by atomic mass is 32.2. The molecule has 0 aliphatic heterocycles. The summed E-state index contributed by atoms with van der Waals surface area (Å²) in [6, 6.07) is 4.06. The predicted octanol–water partition coefficient (Wildman–Crippen LogP) is 4.05. The second kappa shape index (κ2) is 8.30. The number of allylic oxidation sites excluding steroid dienone is 2. The molecule has 1 amide bonds. The second-order valence-electron chi connectivity index (χ2n) is 5.37. The van der Waals surface area contributed by atoms with Crippen LogP contribution in [0.1, 0.15) is 36.9 Å². The summed E-state index contributed by atoms with van der Waals surface area (Å²) in [7, 11) is 0. The van der Waals surface area contributed by atoms with E-state index in [4.69, 9.17) is 0 Å². The summed E-state index contributed by atoms with van der Waals surface area (Å²) < 4.78 is 0. The summed E-state index contributed by atoms with van der Waals surface area (Å²) >= 11 is 3.04. The van der Waals surface area contributed by atoms with E-state index in [1.807, 2.05) is 41.5 Å². The number of hydrogen-bond donors (Lipinski definition) is 1. The van der Waals surface area contributed by atoms with Crippen molar-refractivity contribution in [3.63, 3.8) is 0 Å². The van der Waals surface area contributed by atoms with Crippen LogP contribution in [0.25, 0.3) is 12.2 Å². The summed E-state index contributed by atoms with van der Waals surface area (Å²) in [5.74, 6) is 1.18. The van der Waals surface area contributed by atoms with Gasteiger partial charge in [0.1, 0.15) is 5.82 Å².